The van der Waals surface area contributed by atoms with Crippen molar-refractivity contribution in [2.24, 2.45) is 23.7 Å². The summed E-state index contributed by atoms with van der Waals surface area (Å²) in [6.07, 6.45) is -1.66. The van der Waals surface area contributed by atoms with Crippen LogP contribution >= 0.6 is 0 Å². The van der Waals surface area contributed by atoms with E-state index in [0.717, 1.165) is 43.0 Å². The van der Waals surface area contributed by atoms with Crippen LogP contribution in [-0.2, 0) is 6.11 Å². The van der Waals surface area contributed by atoms with Gasteiger partial charge < -0.3 is 14.2 Å². The SMILES string of the molecule is CCCC1CCC(C2CCC(C(F)(F)Oc3cc(F)c(C(F)(F)Oc4ccc(OC=C(F)F)cc4)c(F)c3)CC2)CC1. The number of benzene rings is 2. The average Bonchev–Trinajstić information content (AvgIpc) is 2.92. The van der Waals surface area contributed by atoms with Crippen LogP contribution in [0.1, 0.15) is 76.7 Å². The fourth-order valence-electron chi connectivity index (χ4n) is 6.31. The molecule has 0 atom stereocenters. The van der Waals surface area contributed by atoms with Crippen molar-refractivity contribution in [3.8, 4) is 17.2 Å². The summed E-state index contributed by atoms with van der Waals surface area (Å²) in [6, 6.07) is 4.40. The topological polar surface area (TPSA) is 27.7 Å². The van der Waals surface area contributed by atoms with Crippen molar-refractivity contribution in [2.45, 2.75) is 83.3 Å². The van der Waals surface area contributed by atoms with Gasteiger partial charge >= 0.3 is 18.3 Å². The zero-order valence-electron chi connectivity index (χ0n) is 23.2. The summed E-state index contributed by atoms with van der Waals surface area (Å²) in [5.74, 6) is -4.80. The van der Waals surface area contributed by atoms with Gasteiger partial charge in [-0.1, -0.05) is 32.6 Å². The van der Waals surface area contributed by atoms with Crippen LogP contribution in [0.2, 0.25) is 0 Å². The van der Waals surface area contributed by atoms with Gasteiger partial charge in [-0.3, -0.25) is 0 Å². The summed E-state index contributed by atoms with van der Waals surface area (Å²) >= 11 is 0. The molecule has 3 nitrogen and oxygen atoms in total. The third-order valence-electron chi connectivity index (χ3n) is 8.42. The highest BCUT2D eigenvalue weighted by atomic mass is 19.3. The zero-order valence-corrected chi connectivity index (χ0v) is 23.2. The molecule has 0 unspecified atom stereocenters. The van der Waals surface area contributed by atoms with Crippen LogP contribution < -0.4 is 14.2 Å². The Morgan fingerprint density at radius 3 is 1.81 bits per heavy atom. The second-order valence-corrected chi connectivity index (χ2v) is 11.2. The second-order valence-electron chi connectivity index (χ2n) is 11.2. The molecule has 2 saturated carbocycles. The maximum Gasteiger partial charge on any atom is 0.432 e. The Morgan fingerprint density at radius 2 is 1.29 bits per heavy atom. The smallest absolute Gasteiger partial charge is 0.432 e. The minimum absolute atomic E-state index is 0.132. The Hall–Kier alpha value is -2.98. The summed E-state index contributed by atoms with van der Waals surface area (Å²) in [5, 5.41) is 0. The van der Waals surface area contributed by atoms with E-state index in [0.29, 0.717) is 24.7 Å². The number of ether oxygens (including phenoxy) is 3. The van der Waals surface area contributed by atoms with E-state index < -0.39 is 52.9 Å². The van der Waals surface area contributed by atoms with Gasteiger partial charge in [0.2, 0.25) is 0 Å². The van der Waals surface area contributed by atoms with Gasteiger partial charge in [-0.25, -0.2) is 8.78 Å². The molecule has 232 valence electrons. The molecule has 0 aliphatic heterocycles. The van der Waals surface area contributed by atoms with Crippen molar-refractivity contribution in [2.75, 3.05) is 0 Å². The van der Waals surface area contributed by atoms with Crippen molar-refractivity contribution in [3.05, 3.63) is 65.9 Å². The number of rotatable bonds is 11. The Labute approximate surface area is 239 Å². The Kier molecular flexibility index (Phi) is 10.3. The molecule has 0 spiro atoms. The lowest BCUT2D eigenvalue weighted by Gasteiger charge is -2.39. The van der Waals surface area contributed by atoms with Crippen LogP contribution in [0.3, 0.4) is 0 Å². The lowest BCUT2D eigenvalue weighted by Crippen LogP contribution is -2.38. The van der Waals surface area contributed by atoms with Crippen molar-refractivity contribution < 1.29 is 49.3 Å². The van der Waals surface area contributed by atoms with E-state index in [1.54, 1.807) is 0 Å². The van der Waals surface area contributed by atoms with E-state index in [2.05, 4.69) is 16.4 Å². The highest BCUT2D eigenvalue weighted by molar-refractivity contribution is 5.35. The molecule has 0 N–H and O–H groups in total. The molecular weight excluding hydrogens is 572 g/mol. The molecule has 11 heteroatoms. The highest BCUT2D eigenvalue weighted by Crippen LogP contribution is 2.46. The Bertz CT molecular complexity index is 1170. The van der Waals surface area contributed by atoms with E-state index in [-0.39, 0.29) is 37.0 Å². The molecule has 0 heterocycles. The first kappa shape index (κ1) is 31.9. The summed E-state index contributed by atoms with van der Waals surface area (Å²) in [6.45, 7) is 2.18. The van der Waals surface area contributed by atoms with Gasteiger partial charge in [0.25, 0.3) is 0 Å². The maximum absolute atomic E-state index is 15.0. The zero-order chi connectivity index (χ0) is 30.5. The molecule has 0 amide bonds. The second kappa shape index (κ2) is 13.5. The third-order valence-corrected chi connectivity index (χ3v) is 8.42. The molecule has 2 aliphatic rings. The van der Waals surface area contributed by atoms with E-state index in [1.807, 2.05) is 0 Å². The van der Waals surface area contributed by atoms with Crippen LogP contribution in [0.25, 0.3) is 0 Å². The Morgan fingerprint density at radius 1 is 0.762 bits per heavy atom. The lowest BCUT2D eigenvalue weighted by atomic mass is 9.68. The molecule has 2 aromatic carbocycles. The first-order valence-electron chi connectivity index (χ1n) is 14.3. The van der Waals surface area contributed by atoms with Gasteiger partial charge in [-0.05, 0) is 80.5 Å². The number of hydrogen-bond donors (Lipinski definition) is 0. The van der Waals surface area contributed by atoms with Gasteiger partial charge in [0.1, 0.15) is 34.4 Å². The normalized spacial score (nSPS) is 23.3. The third kappa shape index (κ3) is 8.10. The number of alkyl halides is 4. The quantitative estimate of drug-likeness (QED) is 0.188. The average molecular weight is 607 g/mol. The molecule has 0 bridgehead atoms. The van der Waals surface area contributed by atoms with E-state index in [9.17, 15) is 26.3 Å². The van der Waals surface area contributed by atoms with Gasteiger partial charge in [0.05, 0.1) is 5.92 Å². The molecule has 2 fully saturated rings. The molecule has 2 aliphatic carbocycles. The number of hydrogen-bond acceptors (Lipinski definition) is 3. The minimum Gasteiger partial charge on any atom is -0.459 e. The standard InChI is InChI=1S/C31H34F8O3/c1-2-3-19-4-6-20(7-5-19)21-8-10-22(11-9-21)30(36,37)42-25-16-26(32)29(27(33)17-25)31(38,39)41-24-14-12-23(13-15-24)40-18-28(34)35/h12-22H,2-11H2,1H3. The molecular formula is C31H34F8O3. The van der Waals surface area contributed by atoms with E-state index in [1.165, 1.54) is 25.7 Å². The van der Waals surface area contributed by atoms with Crippen LogP contribution in [0, 0.1) is 35.3 Å². The molecule has 0 saturated heterocycles. The predicted octanol–water partition coefficient (Wildman–Crippen LogP) is 10.6. The van der Waals surface area contributed by atoms with Gasteiger partial charge in [-0.2, -0.15) is 26.3 Å². The summed E-state index contributed by atoms with van der Waals surface area (Å²) in [4.78, 5) is 0. The number of halogens is 8. The van der Waals surface area contributed by atoms with Gasteiger partial charge in [-0.15, -0.1) is 0 Å². The summed E-state index contributed by atoms with van der Waals surface area (Å²) in [7, 11) is 0. The molecule has 2 aromatic rings. The lowest BCUT2D eigenvalue weighted by molar-refractivity contribution is -0.224. The van der Waals surface area contributed by atoms with Crippen LogP contribution in [0.4, 0.5) is 35.1 Å². The fourth-order valence-corrected chi connectivity index (χ4v) is 6.31. The van der Waals surface area contributed by atoms with E-state index >= 15 is 8.78 Å². The first-order chi connectivity index (χ1) is 19.9. The minimum atomic E-state index is -4.55. The van der Waals surface area contributed by atoms with Crippen LogP contribution in [0.15, 0.2) is 48.7 Å². The predicted molar refractivity (Wildman–Crippen MR) is 140 cm³/mol. The van der Waals surface area contributed by atoms with Gasteiger partial charge in [0, 0.05) is 12.1 Å². The largest absolute Gasteiger partial charge is 0.459 e. The van der Waals surface area contributed by atoms with Crippen LogP contribution in [-0.4, -0.2) is 6.11 Å². The monoisotopic (exact) mass is 606 g/mol. The van der Waals surface area contributed by atoms with E-state index in [4.69, 9.17) is 4.74 Å². The molecule has 42 heavy (non-hydrogen) atoms. The fraction of sp³-hybridized carbons (Fsp3) is 0.548. The summed E-state index contributed by atoms with van der Waals surface area (Å²) in [5.41, 5.74) is -1.80. The van der Waals surface area contributed by atoms with Crippen LogP contribution in [0.5, 0.6) is 17.2 Å². The van der Waals surface area contributed by atoms with Gasteiger partial charge in [0.15, 0.2) is 6.26 Å². The first-order valence-corrected chi connectivity index (χ1v) is 14.3. The van der Waals surface area contributed by atoms with Crippen molar-refractivity contribution >= 4 is 0 Å². The molecule has 0 radical (unpaired) electrons. The molecule has 0 aromatic heterocycles. The van der Waals surface area contributed by atoms with Crippen molar-refractivity contribution in [3.63, 3.8) is 0 Å². The highest BCUT2D eigenvalue weighted by Gasteiger charge is 2.46. The van der Waals surface area contributed by atoms with Crippen molar-refractivity contribution in [1.29, 1.82) is 0 Å². The summed E-state index contributed by atoms with van der Waals surface area (Å²) < 4.78 is 127. The van der Waals surface area contributed by atoms with Crippen molar-refractivity contribution in [1.82, 2.24) is 0 Å². The maximum atomic E-state index is 15.0. The Balaban J connectivity index is 1.36. The molecule has 4 rings (SSSR count).